The number of anilines is 2. The van der Waals surface area contributed by atoms with Crippen molar-refractivity contribution < 1.29 is 13.6 Å². The highest BCUT2D eigenvalue weighted by Gasteiger charge is 2.17. The van der Waals surface area contributed by atoms with Gasteiger partial charge in [-0.05, 0) is 24.3 Å². The second-order valence-corrected chi connectivity index (χ2v) is 5.62. The molecule has 0 aliphatic rings. The third-order valence-corrected chi connectivity index (χ3v) is 3.63. The molecule has 0 spiro atoms. The van der Waals surface area contributed by atoms with Gasteiger partial charge in [-0.25, -0.2) is 13.8 Å². The van der Waals surface area contributed by atoms with Crippen molar-refractivity contribution >= 4 is 17.3 Å². The van der Waals surface area contributed by atoms with E-state index in [1.54, 1.807) is 4.57 Å². The van der Waals surface area contributed by atoms with E-state index in [4.69, 9.17) is 0 Å². The van der Waals surface area contributed by atoms with Crippen LogP contribution in [0, 0.1) is 11.6 Å². The minimum absolute atomic E-state index is 0.0337. The van der Waals surface area contributed by atoms with Crippen LogP contribution in [0.3, 0.4) is 0 Å². The first-order valence-corrected chi connectivity index (χ1v) is 7.53. The van der Waals surface area contributed by atoms with Crippen LogP contribution in [0.1, 0.15) is 10.5 Å². The number of nitrogens with zero attached hydrogens (tertiary/aromatic N) is 3. The summed E-state index contributed by atoms with van der Waals surface area (Å²) < 4.78 is 29.7. The summed E-state index contributed by atoms with van der Waals surface area (Å²) in [6, 6.07) is 11.3. The van der Waals surface area contributed by atoms with Gasteiger partial charge in [0.15, 0.2) is 11.6 Å². The Morgan fingerprint density at radius 3 is 2.36 bits per heavy atom. The fraction of sp³-hybridized carbons (Fsp3) is 0.111. The molecule has 0 unspecified atom stereocenters. The van der Waals surface area contributed by atoms with Crippen molar-refractivity contribution in [1.29, 1.82) is 0 Å². The van der Waals surface area contributed by atoms with E-state index in [1.165, 1.54) is 31.5 Å². The maximum Gasteiger partial charge on any atom is 0.274 e. The van der Waals surface area contributed by atoms with Crippen molar-refractivity contribution in [3.05, 3.63) is 72.3 Å². The monoisotopic (exact) mass is 342 g/mol. The summed E-state index contributed by atoms with van der Waals surface area (Å²) in [6.07, 6.45) is 2.89. The van der Waals surface area contributed by atoms with Crippen LogP contribution in [-0.2, 0) is 0 Å². The molecule has 128 valence electrons. The number of para-hydroxylation sites is 1. The number of hydrogen-bond acceptors (Lipinski definition) is 3. The van der Waals surface area contributed by atoms with E-state index in [1.807, 2.05) is 30.3 Å². The van der Waals surface area contributed by atoms with Crippen LogP contribution in [0.15, 0.2) is 55.0 Å². The smallest absolute Gasteiger partial charge is 0.274 e. The lowest BCUT2D eigenvalue weighted by atomic mass is 10.2. The van der Waals surface area contributed by atoms with Gasteiger partial charge in [-0.2, -0.15) is 0 Å². The van der Waals surface area contributed by atoms with Gasteiger partial charge in [-0.15, -0.1) is 0 Å². The Morgan fingerprint density at radius 2 is 1.76 bits per heavy atom. The number of hydrogen-bond donors (Lipinski definition) is 1. The molecule has 3 rings (SSSR count). The summed E-state index contributed by atoms with van der Waals surface area (Å²) in [5.74, 6) is -2.02. The van der Waals surface area contributed by atoms with Crippen LogP contribution >= 0.6 is 0 Å². The molecule has 0 saturated carbocycles. The average Bonchev–Trinajstić information content (AvgIpc) is 3.04. The summed E-state index contributed by atoms with van der Waals surface area (Å²) in [7, 11) is 3.08. The summed E-state index contributed by atoms with van der Waals surface area (Å²) in [5, 5.41) is 2.50. The molecule has 1 aromatic heterocycles. The number of amides is 1. The van der Waals surface area contributed by atoms with Crippen LogP contribution in [0.4, 0.5) is 20.2 Å². The molecule has 2 aromatic carbocycles. The predicted molar refractivity (Wildman–Crippen MR) is 92.2 cm³/mol. The molecule has 0 bridgehead atoms. The van der Waals surface area contributed by atoms with Crippen molar-refractivity contribution in [3.8, 4) is 5.69 Å². The Balaban J connectivity index is 1.88. The zero-order valence-electron chi connectivity index (χ0n) is 13.7. The highest BCUT2D eigenvalue weighted by atomic mass is 19.1. The first-order valence-electron chi connectivity index (χ1n) is 7.53. The molecule has 0 saturated heterocycles. The van der Waals surface area contributed by atoms with Crippen molar-refractivity contribution in [1.82, 2.24) is 9.55 Å². The molecule has 0 fully saturated rings. The zero-order chi connectivity index (χ0) is 18.0. The fourth-order valence-electron chi connectivity index (χ4n) is 2.52. The van der Waals surface area contributed by atoms with Crippen LogP contribution in [0.5, 0.6) is 0 Å². The van der Waals surface area contributed by atoms with Crippen molar-refractivity contribution in [2.45, 2.75) is 0 Å². The summed E-state index contributed by atoms with van der Waals surface area (Å²) in [6.45, 7) is 0. The van der Waals surface area contributed by atoms with Gasteiger partial charge in [0, 0.05) is 25.5 Å². The number of halogens is 2. The Bertz CT molecular complexity index is 883. The summed E-state index contributed by atoms with van der Waals surface area (Å²) >= 11 is 0. The van der Waals surface area contributed by atoms with Gasteiger partial charge >= 0.3 is 0 Å². The van der Waals surface area contributed by atoms with Crippen molar-refractivity contribution in [2.75, 3.05) is 24.3 Å². The molecule has 0 aliphatic carbocycles. The van der Waals surface area contributed by atoms with Crippen molar-refractivity contribution in [3.63, 3.8) is 0 Å². The minimum atomic E-state index is -0.753. The van der Waals surface area contributed by atoms with Gasteiger partial charge in [0.25, 0.3) is 5.91 Å². The predicted octanol–water partition coefficient (Wildman–Crippen LogP) is 3.47. The maximum atomic E-state index is 14.0. The second-order valence-electron chi connectivity index (χ2n) is 5.62. The minimum Gasteiger partial charge on any atom is -0.373 e. The first-order chi connectivity index (χ1) is 12.0. The number of aromatic nitrogens is 2. The SMILES string of the molecule is CN(C)c1c(F)cc(NC(=O)c2cncn2-c2ccccc2)cc1F. The third-order valence-electron chi connectivity index (χ3n) is 3.63. The number of carbonyl (C=O) groups is 1. The van der Waals surface area contributed by atoms with Gasteiger partial charge in [0.1, 0.15) is 11.4 Å². The van der Waals surface area contributed by atoms with Crippen LogP contribution in [0.2, 0.25) is 0 Å². The molecule has 25 heavy (non-hydrogen) atoms. The lowest BCUT2D eigenvalue weighted by molar-refractivity contribution is 0.102. The average molecular weight is 342 g/mol. The first kappa shape index (κ1) is 16.6. The lowest BCUT2D eigenvalue weighted by Gasteiger charge is -2.16. The lowest BCUT2D eigenvalue weighted by Crippen LogP contribution is -2.17. The normalized spacial score (nSPS) is 10.6. The van der Waals surface area contributed by atoms with Crippen molar-refractivity contribution in [2.24, 2.45) is 0 Å². The van der Waals surface area contributed by atoms with E-state index in [9.17, 15) is 13.6 Å². The molecule has 0 atom stereocenters. The van der Waals surface area contributed by atoms with Crippen LogP contribution in [0.25, 0.3) is 5.69 Å². The van der Waals surface area contributed by atoms with E-state index in [0.717, 1.165) is 17.8 Å². The zero-order valence-corrected chi connectivity index (χ0v) is 13.7. The largest absolute Gasteiger partial charge is 0.373 e. The van der Waals surface area contributed by atoms with Gasteiger partial charge in [0.2, 0.25) is 0 Å². The molecule has 1 N–H and O–H groups in total. The number of nitrogens with one attached hydrogen (secondary N) is 1. The Labute approximate surface area is 143 Å². The molecule has 0 radical (unpaired) electrons. The second kappa shape index (κ2) is 6.72. The van der Waals surface area contributed by atoms with E-state index < -0.39 is 17.5 Å². The highest BCUT2D eigenvalue weighted by Crippen LogP contribution is 2.26. The number of benzene rings is 2. The Kier molecular flexibility index (Phi) is 4.47. The standard InChI is InChI=1S/C18H16F2N4O/c1-23(2)17-14(19)8-12(9-15(17)20)22-18(25)16-10-21-11-24(16)13-6-4-3-5-7-13/h3-11H,1-2H3,(H,22,25). The van der Waals surface area contributed by atoms with E-state index in [-0.39, 0.29) is 17.1 Å². The van der Waals surface area contributed by atoms with E-state index >= 15 is 0 Å². The van der Waals surface area contributed by atoms with Gasteiger partial charge in [0.05, 0.1) is 12.5 Å². The topological polar surface area (TPSA) is 50.2 Å². The summed E-state index contributed by atoms with van der Waals surface area (Å²) in [5.41, 5.74) is 0.882. The molecule has 1 amide bonds. The fourth-order valence-corrected chi connectivity index (χ4v) is 2.52. The molecular weight excluding hydrogens is 326 g/mol. The van der Waals surface area contributed by atoms with Crippen LogP contribution in [-0.4, -0.2) is 29.6 Å². The molecule has 7 heteroatoms. The van der Waals surface area contributed by atoms with E-state index in [0.29, 0.717) is 0 Å². The quantitative estimate of drug-likeness (QED) is 0.790. The Morgan fingerprint density at radius 1 is 1.12 bits per heavy atom. The molecule has 5 nitrogen and oxygen atoms in total. The number of imidazole rings is 1. The van der Waals surface area contributed by atoms with Gasteiger partial charge < -0.3 is 10.2 Å². The molecule has 0 aliphatic heterocycles. The van der Waals surface area contributed by atoms with Gasteiger partial charge in [-0.3, -0.25) is 9.36 Å². The maximum absolute atomic E-state index is 14.0. The molecule has 3 aromatic rings. The number of carbonyl (C=O) groups excluding carboxylic acids is 1. The Hall–Kier alpha value is -3.22. The van der Waals surface area contributed by atoms with Crippen LogP contribution < -0.4 is 10.2 Å². The third kappa shape index (κ3) is 3.35. The molecular formula is C18H16F2N4O. The van der Waals surface area contributed by atoms with Gasteiger partial charge in [-0.1, -0.05) is 18.2 Å². The number of rotatable bonds is 4. The molecule has 1 heterocycles. The summed E-state index contributed by atoms with van der Waals surface area (Å²) in [4.78, 5) is 17.8. The van der Waals surface area contributed by atoms with E-state index in [2.05, 4.69) is 10.3 Å². The highest BCUT2D eigenvalue weighted by molar-refractivity contribution is 6.03.